The van der Waals surface area contributed by atoms with Crippen LogP contribution < -0.4 is 0 Å². The molecule has 1 atom stereocenters. The molecule has 0 spiro atoms. The van der Waals surface area contributed by atoms with Gasteiger partial charge in [0.2, 0.25) is 10.0 Å². The molecule has 2 aromatic heterocycles. The van der Waals surface area contributed by atoms with E-state index in [1.807, 2.05) is 40.9 Å². The lowest BCUT2D eigenvalue weighted by molar-refractivity contribution is 0.308. The van der Waals surface area contributed by atoms with Gasteiger partial charge in [0, 0.05) is 25.2 Å². The van der Waals surface area contributed by atoms with Crippen LogP contribution in [0.15, 0.2) is 47.5 Å². The van der Waals surface area contributed by atoms with E-state index in [0.717, 1.165) is 43.6 Å². The van der Waals surface area contributed by atoms with E-state index in [2.05, 4.69) is 10.2 Å². The highest BCUT2D eigenvalue weighted by atomic mass is 32.2. The van der Waals surface area contributed by atoms with Gasteiger partial charge in [-0.3, -0.25) is 4.40 Å². The van der Waals surface area contributed by atoms with Crippen molar-refractivity contribution in [1.82, 2.24) is 18.9 Å². The van der Waals surface area contributed by atoms with Crippen LogP contribution in [0.2, 0.25) is 0 Å². The Labute approximate surface area is 158 Å². The Morgan fingerprint density at radius 2 is 1.89 bits per heavy atom. The summed E-state index contributed by atoms with van der Waals surface area (Å²) >= 11 is 0. The van der Waals surface area contributed by atoms with Gasteiger partial charge in [-0.15, -0.1) is 10.2 Å². The molecule has 1 unspecified atom stereocenters. The van der Waals surface area contributed by atoms with Crippen LogP contribution >= 0.6 is 0 Å². The van der Waals surface area contributed by atoms with Gasteiger partial charge in [0.05, 0.1) is 4.90 Å². The van der Waals surface area contributed by atoms with E-state index in [1.165, 1.54) is 11.1 Å². The number of sulfonamides is 1. The Balaban J connectivity index is 1.45. The second kappa shape index (κ2) is 6.42. The van der Waals surface area contributed by atoms with Gasteiger partial charge in [0.15, 0.2) is 5.65 Å². The van der Waals surface area contributed by atoms with Crippen molar-refractivity contribution in [3.05, 3.63) is 59.5 Å². The summed E-state index contributed by atoms with van der Waals surface area (Å²) in [5, 5.41) is 8.57. The van der Waals surface area contributed by atoms with Crippen LogP contribution in [-0.2, 0) is 22.9 Å². The third-order valence-electron chi connectivity index (χ3n) is 5.80. The van der Waals surface area contributed by atoms with Gasteiger partial charge in [-0.05, 0) is 67.5 Å². The first-order valence-corrected chi connectivity index (χ1v) is 11.0. The molecule has 140 valence electrons. The minimum atomic E-state index is -3.48. The van der Waals surface area contributed by atoms with Crippen molar-refractivity contribution in [2.75, 3.05) is 13.1 Å². The highest BCUT2D eigenvalue weighted by Crippen LogP contribution is 2.31. The Kier molecular flexibility index (Phi) is 4.02. The first-order chi connectivity index (χ1) is 13.1. The third kappa shape index (κ3) is 2.85. The highest BCUT2D eigenvalue weighted by molar-refractivity contribution is 7.89. The summed E-state index contributed by atoms with van der Waals surface area (Å²) in [6.45, 7) is 1.02. The molecular weight excluding hydrogens is 360 g/mol. The smallest absolute Gasteiger partial charge is 0.243 e. The predicted octanol–water partition coefficient (Wildman–Crippen LogP) is 2.79. The van der Waals surface area contributed by atoms with Crippen molar-refractivity contribution in [3.8, 4) is 0 Å². The summed E-state index contributed by atoms with van der Waals surface area (Å²) in [5.74, 6) is 0.903. The maximum atomic E-state index is 13.2. The SMILES string of the molecule is O=S(=O)(c1ccc2c(c1)CCC2)N1CCCC(c2nnc3ccccn23)C1. The molecule has 0 radical (unpaired) electrons. The standard InChI is InChI=1S/C20H22N4O2S/c25-27(26,18-10-9-15-5-3-6-16(15)13-18)23-11-4-7-17(14-23)20-22-21-19-8-1-2-12-24(19)20/h1-2,8-10,12-13,17H,3-7,11,14H2. The van der Waals surface area contributed by atoms with Crippen molar-refractivity contribution < 1.29 is 8.42 Å². The van der Waals surface area contributed by atoms with Crippen LogP contribution in [0.5, 0.6) is 0 Å². The Morgan fingerprint density at radius 3 is 2.81 bits per heavy atom. The van der Waals surface area contributed by atoms with E-state index in [9.17, 15) is 8.42 Å². The van der Waals surface area contributed by atoms with Crippen molar-refractivity contribution in [1.29, 1.82) is 0 Å². The molecule has 1 fully saturated rings. The van der Waals surface area contributed by atoms with Gasteiger partial charge >= 0.3 is 0 Å². The average molecular weight is 382 g/mol. The van der Waals surface area contributed by atoms with Crippen molar-refractivity contribution in [2.24, 2.45) is 0 Å². The molecule has 1 aliphatic carbocycles. The molecule has 1 aromatic carbocycles. The minimum absolute atomic E-state index is 0.0559. The molecule has 3 heterocycles. The van der Waals surface area contributed by atoms with Crippen LogP contribution in [0.1, 0.15) is 42.1 Å². The lowest BCUT2D eigenvalue weighted by Crippen LogP contribution is -2.39. The van der Waals surface area contributed by atoms with Crippen molar-refractivity contribution in [3.63, 3.8) is 0 Å². The summed E-state index contributed by atoms with van der Waals surface area (Å²) in [7, 11) is -3.48. The summed E-state index contributed by atoms with van der Waals surface area (Å²) in [4.78, 5) is 0.426. The number of pyridine rings is 1. The monoisotopic (exact) mass is 382 g/mol. The number of hydrogen-bond donors (Lipinski definition) is 0. The van der Waals surface area contributed by atoms with Gasteiger partial charge in [0.1, 0.15) is 5.82 Å². The second-order valence-corrected chi connectivity index (χ2v) is 9.41. The largest absolute Gasteiger partial charge is 0.286 e. The number of hydrogen-bond acceptors (Lipinski definition) is 4. The van der Waals surface area contributed by atoms with Gasteiger partial charge in [-0.2, -0.15) is 4.31 Å². The second-order valence-electron chi connectivity index (χ2n) is 7.47. The molecule has 0 bridgehead atoms. The number of aryl methyl sites for hydroxylation is 2. The van der Waals surface area contributed by atoms with Crippen LogP contribution in [0.4, 0.5) is 0 Å². The van der Waals surface area contributed by atoms with Gasteiger partial charge in [-0.1, -0.05) is 12.1 Å². The summed E-state index contributed by atoms with van der Waals surface area (Å²) < 4.78 is 30.1. The fraction of sp³-hybridized carbons (Fsp3) is 0.400. The zero-order valence-electron chi connectivity index (χ0n) is 15.1. The Bertz CT molecular complexity index is 1110. The molecule has 0 saturated carbocycles. The van der Waals surface area contributed by atoms with E-state index < -0.39 is 10.0 Å². The summed E-state index contributed by atoms with van der Waals surface area (Å²) in [6, 6.07) is 11.4. The van der Waals surface area contributed by atoms with Crippen molar-refractivity contribution >= 4 is 15.7 Å². The summed E-state index contributed by atoms with van der Waals surface area (Å²) in [6.07, 6.45) is 6.85. The molecule has 1 aliphatic heterocycles. The molecule has 5 rings (SSSR count). The average Bonchev–Trinajstić information content (AvgIpc) is 3.34. The molecule has 27 heavy (non-hydrogen) atoms. The molecule has 0 N–H and O–H groups in total. The van der Waals surface area contributed by atoms with E-state index in [-0.39, 0.29) is 5.92 Å². The molecule has 2 aliphatic rings. The molecule has 0 amide bonds. The van der Waals surface area contributed by atoms with Crippen LogP contribution in [0.3, 0.4) is 0 Å². The Morgan fingerprint density at radius 1 is 1.00 bits per heavy atom. The normalized spacial score (nSPS) is 20.8. The minimum Gasteiger partial charge on any atom is -0.286 e. The zero-order chi connectivity index (χ0) is 18.4. The highest BCUT2D eigenvalue weighted by Gasteiger charge is 2.33. The lowest BCUT2D eigenvalue weighted by atomic mass is 9.99. The van der Waals surface area contributed by atoms with Gasteiger partial charge in [0.25, 0.3) is 0 Å². The molecule has 6 nitrogen and oxygen atoms in total. The van der Waals surface area contributed by atoms with Crippen molar-refractivity contribution in [2.45, 2.75) is 42.9 Å². The molecule has 7 heteroatoms. The fourth-order valence-electron chi connectivity index (χ4n) is 4.37. The maximum Gasteiger partial charge on any atom is 0.243 e. The van der Waals surface area contributed by atoms with Crippen LogP contribution in [0, 0.1) is 0 Å². The number of nitrogens with zero attached hydrogens (tertiary/aromatic N) is 4. The van der Waals surface area contributed by atoms with E-state index in [4.69, 9.17) is 0 Å². The molecule has 1 saturated heterocycles. The summed E-state index contributed by atoms with van der Waals surface area (Å²) in [5.41, 5.74) is 3.28. The van der Waals surface area contributed by atoms with Gasteiger partial charge in [-0.25, -0.2) is 8.42 Å². The Hall–Kier alpha value is -2.25. The maximum absolute atomic E-state index is 13.2. The fourth-order valence-corrected chi connectivity index (χ4v) is 5.94. The number of piperidine rings is 1. The molecular formula is C20H22N4O2S. The topological polar surface area (TPSA) is 67.6 Å². The quantitative estimate of drug-likeness (QED) is 0.699. The number of fused-ring (bicyclic) bond motifs is 2. The van der Waals surface area contributed by atoms with Crippen LogP contribution in [0.25, 0.3) is 5.65 Å². The third-order valence-corrected chi connectivity index (χ3v) is 7.66. The zero-order valence-corrected chi connectivity index (χ0v) is 15.9. The number of rotatable bonds is 3. The molecule has 3 aromatic rings. The van der Waals surface area contributed by atoms with E-state index in [1.54, 1.807) is 10.4 Å². The predicted molar refractivity (Wildman–Crippen MR) is 102 cm³/mol. The van der Waals surface area contributed by atoms with Gasteiger partial charge < -0.3 is 0 Å². The van der Waals surface area contributed by atoms with E-state index in [0.29, 0.717) is 18.0 Å². The lowest BCUT2D eigenvalue weighted by Gasteiger charge is -2.31. The van der Waals surface area contributed by atoms with E-state index >= 15 is 0 Å². The number of aromatic nitrogens is 3. The first-order valence-electron chi connectivity index (χ1n) is 9.54. The number of benzene rings is 1. The first kappa shape index (κ1) is 16.9. The van der Waals surface area contributed by atoms with Crippen LogP contribution in [-0.4, -0.2) is 40.4 Å².